The summed E-state index contributed by atoms with van der Waals surface area (Å²) in [5, 5.41) is 3.38. The number of anilines is 2. The summed E-state index contributed by atoms with van der Waals surface area (Å²) in [4.78, 5) is 2.19. The van der Waals surface area contributed by atoms with E-state index >= 15 is 0 Å². The van der Waals surface area contributed by atoms with Crippen LogP contribution in [0.5, 0.6) is 0 Å². The maximum Gasteiger partial charge on any atom is 0.0363 e. The molecular weight excluding hydrogens is 186 g/mol. The summed E-state index contributed by atoms with van der Waals surface area (Å²) in [6, 6.07) is 6.07. The van der Waals surface area contributed by atoms with Gasteiger partial charge in [0, 0.05) is 17.9 Å². The minimum atomic E-state index is 0.824. The molecule has 0 amide bonds. The van der Waals surface area contributed by atoms with Crippen LogP contribution in [0.4, 0.5) is 11.4 Å². The van der Waals surface area contributed by atoms with E-state index < -0.39 is 0 Å². The Kier molecular flexibility index (Phi) is 4.43. The molecule has 0 saturated carbocycles. The fraction of sp³-hybridized carbons (Fsp3) is 0.500. The SMILES string of the molecule is Cc1cc(N)cc(NCCCN(C)C)c1. The maximum absolute atomic E-state index is 5.76. The first-order chi connectivity index (χ1) is 7.08. The number of nitrogens with one attached hydrogen (secondary N) is 1. The largest absolute Gasteiger partial charge is 0.399 e. The van der Waals surface area contributed by atoms with E-state index in [-0.39, 0.29) is 0 Å². The Morgan fingerprint density at radius 3 is 2.60 bits per heavy atom. The van der Waals surface area contributed by atoms with Gasteiger partial charge in [0.1, 0.15) is 0 Å². The van der Waals surface area contributed by atoms with Gasteiger partial charge in [-0.05, 0) is 57.7 Å². The number of benzene rings is 1. The molecule has 0 unspecified atom stereocenters. The Morgan fingerprint density at radius 1 is 1.27 bits per heavy atom. The third kappa shape index (κ3) is 4.70. The molecule has 3 N–H and O–H groups in total. The molecule has 0 bridgehead atoms. The van der Waals surface area contributed by atoms with Crippen molar-refractivity contribution in [2.24, 2.45) is 0 Å². The lowest BCUT2D eigenvalue weighted by Crippen LogP contribution is -2.16. The zero-order chi connectivity index (χ0) is 11.3. The van der Waals surface area contributed by atoms with Gasteiger partial charge in [0.2, 0.25) is 0 Å². The molecule has 0 atom stereocenters. The van der Waals surface area contributed by atoms with Crippen LogP contribution in [0.25, 0.3) is 0 Å². The third-order valence-electron chi connectivity index (χ3n) is 2.21. The smallest absolute Gasteiger partial charge is 0.0363 e. The van der Waals surface area contributed by atoms with Gasteiger partial charge < -0.3 is 16.0 Å². The standard InChI is InChI=1S/C12H21N3/c1-10-7-11(13)9-12(8-10)14-5-4-6-15(2)3/h7-9,14H,4-6,13H2,1-3H3. The Hall–Kier alpha value is -1.22. The summed E-state index contributed by atoms with van der Waals surface area (Å²) in [5.41, 5.74) is 8.90. The van der Waals surface area contributed by atoms with Crippen molar-refractivity contribution in [3.05, 3.63) is 23.8 Å². The van der Waals surface area contributed by atoms with Gasteiger partial charge in [-0.2, -0.15) is 0 Å². The summed E-state index contributed by atoms with van der Waals surface area (Å²) in [6.07, 6.45) is 1.14. The van der Waals surface area contributed by atoms with Crippen molar-refractivity contribution in [3.8, 4) is 0 Å². The van der Waals surface area contributed by atoms with E-state index in [1.54, 1.807) is 0 Å². The van der Waals surface area contributed by atoms with Crippen molar-refractivity contribution in [1.29, 1.82) is 0 Å². The quantitative estimate of drug-likeness (QED) is 0.572. The lowest BCUT2D eigenvalue weighted by Gasteiger charge is -2.11. The first-order valence-corrected chi connectivity index (χ1v) is 5.33. The summed E-state index contributed by atoms with van der Waals surface area (Å²) >= 11 is 0. The van der Waals surface area contributed by atoms with Gasteiger partial charge in [-0.1, -0.05) is 0 Å². The first kappa shape index (κ1) is 11.9. The van der Waals surface area contributed by atoms with Crippen LogP contribution in [-0.2, 0) is 0 Å². The second-order valence-corrected chi connectivity index (χ2v) is 4.22. The Morgan fingerprint density at radius 2 is 2.00 bits per heavy atom. The van der Waals surface area contributed by atoms with Crippen molar-refractivity contribution < 1.29 is 0 Å². The highest BCUT2D eigenvalue weighted by molar-refractivity contribution is 5.56. The fourth-order valence-corrected chi connectivity index (χ4v) is 1.54. The zero-order valence-corrected chi connectivity index (χ0v) is 9.88. The van der Waals surface area contributed by atoms with Crippen LogP contribution in [-0.4, -0.2) is 32.1 Å². The topological polar surface area (TPSA) is 41.3 Å². The predicted molar refractivity (Wildman–Crippen MR) is 67.3 cm³/mol. The Balaban J connectivity index is 2.37. The first-order valence-electron chi connectivity index (χ1n) is 5.33. The highest BCUT2D eigenvalue weighted by atomic mass is 15.1. The molecule has 3 nitrogen and oxygen atoms in total. The number of nitrogen functional groups attached to an aromatic ring is 1. The number of hydrogen-bond acceptors (Lipinski definition) is 3. The minimum Gasteiger partial charge on any atom is -0.399 e. The maximum atomic E-state index is 5.76. The fourth-order valence-electron chi connectivity index (χ4n) is 1.54. The van der Waals surface area contributed by atoms with Gasteiger partial charge in [0.25, 0.3) is 0 Å². The number of nitrogens with zero attached hydrogens (tertiary/aromatic N) is 1. The second kappa shape index (κ2) is 5.61. The van der Waals surface area contributed by atoms with Crippen LogP contribution in [0.3, 0.4) is 0 Å². The molecular formula is C12H21N3. The predicted octanol–water partition coefficient (Wildman–Crippen LogP) is 1.94. The van der Waals surface area contributed by atoms with Gasteiger partial charge >= 0.3 is 0 Å². The molecule has 0 fully saturated rings. The van der Waals surface area contributed by atoms with Crippen LogP contribution < -0.4 is 11.1 Å². The molecule has 1 aromatic carbocycles. The number of nitrogens with two attached hydrogens (primary N) is 1. The number of hydrogen-bond donors (Lipinski definition) is 2. The van der Waals surface area contributed by atoms with E-state index in [0.717, 1.165) is 30.9 Å². The van der Waals surface area contributed by atoms with Gasteiger partial charge in [-0.3, -0.25) is 0 Å². The van der Waals surface area contributed by atoms with Crippen molar-refractivity contribution in [2.75, 3.05) is 38.2 Å². The Labute approximate surface area is 92.3 Å². The van der Waals surface area contributed by atoms with Crippen LogP contribution >= 0.6 is 0 Å². The molecule has 0 aliphatic carbocycles. The highest BCUT2D eigenvalue weighted by Crippen LogP contribution is 2.15. The number of aryl methyl sites for hydroxylation is 1. The van der Waals surface area contributed by atoms with Gasteiger partial charge in [0.05, 0.1) is 0 Å². The van der Waals surface area contributed by atoms with Crippen LogP contribution in [0.1, 0.15) is 12.0 Å². The molecule has 3 heteroatoms. The van der Waals surface area contributed by atoms with E-state index in [0.29, 0.717) is 0 Å². The zero-order valence-electron chi connectivity index (χ0n) is 9.88. The molecule has 1 aromatic rings. The molecule has 0 aromatic heterocycles. The van der Waals surface area contributed by atoms with Crippen LogP contribution in [0.2, 0.25) is 0 Å². The van der Waals surface area contributed by atoms with E-state index in [2.05, 4.69) is 37.3 Å². The third-order valence-corrected chi connectivity index (χ3v) is 2.21. The van der Waals surface area contributed by atoms with Crippen molar-refractivity contribution in [1.82, 2.24) is 4.90 Å². The lowest BCUT2D eigenvalue weighted by molar-refractivity contribution is 0.405. The van der Waals surface area contributed by atoms with Crippen LogP contribution in [0, 0.1) is 6.92 Å². The van der Waals surface area contributed by atoms with Crippen molar-refractivity contribution >= 4 is 11.4 Å². The Bertz CT molecular complexity index is 287. The van der Waals surface area contributed by atoms with Gasteiger partial charge in [0.15, 0.2) is 0 Å². The normalized spacial score (nSPS) is 10.7. The summed E-state index contributed by atoms with van der Waals surface area (Å²) in [5.74, 6) is 0. The number of rotatable bonds is 5. The average Bonchev–Trinajstić information content (AvgIpc) is 2.10. The monoisotopic (exact) mass is 207 g/mol. The van der Waals surface area contributed by atoms with Crippen molar-refractivity contribution in [3.63, 3.8) is 0 Å². The highest BCUT2D eigenvalue weighted by Gasteiger charge is 1.95. The summed E-state index contributed by atoms with van der Waals surface area (Å²) < 4.78 is 0. The molecule has 0 aliphatic heterocycles. The molecule has 0 spiro atoms. The molecule has 0 aliphatic rings. The molecule has 15 heavy (non-hydrogen) atoms. The molecule has 84 valence electrons. The average molecular weight is 207 g/mol. The molecule has 1 rings (SSSR count). The molecule has 0 radical (unpaired) electrons. The molecule has 0 saturated heterocycles. The summed E-state index contributed by atoms with van der Waals surface area (Å²) in [7, 11) is 4.18. The van der Waals surface area contributed by atoms with Gasteiger partial charge in [-0.25, -0.2) is 0 Å². The summed E-state index contributed by atoms with van der Waals surface area (Å²) in [6.45, 7) is 4.15. The minimum absolute atomic E-state index is 0.824. The van der Waals surface area contributed by atoms with Gasteiger partial charge in [-0.15, -0.1) is 0 Å². The molecule has 0 heterocycles. The van der Waals surface area contributed by atoms with Crippen LogP contribution in [0.15, 0.2) is 18.2 Å². The van der Waals surface area contributed by atoms with E-state index in [9.17, 15) is 0 Å². The second-order valence-electron chi connectivity index (χ2n) is 4.22. The van der Waals surface area contributed by atoms with Crippen molar-refractivity contribution in [2.45, 2.75) is 13.3 Å². The lowest BCUT2D eigenvalue weighted by atomic mass is 10.2. The van der Waals surface area contributed by atoms with E-state index in [1.165, 1.54) is 5.56 Å². The van der Waals surface area contributed by atoms with E-state index in [1.807, 2.05) is 12.1 Å². The van der Waals surface area contributed by atoms with E-state index in [4.69, 9.17) is 5.73 Å².